The molecule has 0 atom stereocenters. The third-order valence-corrected chi connectivity index (χ3v) is 4.01. The van der Waals surface area contributed by atoms with Crippen molar-refractivity contribution >= 4 is 35.0 Å². The van der Waals surface area contributed by atoms with Crippen molar-refractivity contribution in [2.24, 2.45) is 0 Å². The topological polar surface area (TPSA) is 98.5 Å². The lowest BCUT2D eigenvalue weighted by atomic mass is 10.2. The molecule has 0 aliphatic rings. The smallest absolute Gasteiger partial charge is 0.331 e. The van der Waals surface area contributed by atoms with Crippen molar-refractivity contribution in [1.82, 2.24) is 0 Å². The summed E-state index contributed by atoms with van der Waals surface area (Å²) in [4.78, 5) is 34.6. The van der Waals surface area contributed by atoms with Crippen LogP contribution in [0.5, 0.6) is 0 Å². The Bertz CT molecular complexity index is 837. The zero-order valence-electron chi connectivity index (χ0n) is 13.9. The second-order valence-electron chi connectivity index (χ2n) is 5.15. The molecule has 26 heavy (non-hydrogen) atoms. The molecule has 0 heterocycles. The number of carbonyl (C=O) groups is 2. The Kier molecular flexibility index (Phi) is 6.92. The van der Waals surface area contributed by atoms with Gasteiger partial charge in [0.1, 0.15) is 0 Å². The Labute approximate surface area is 154 Å². The highest BCUT2D eigenvalue weighted by molar-refractivity contribution is 8.02. The first-order chi connectivity index (χ1) is 12.5. The molecule has 0 saturated heterocycles. The number of anilines is 1. The van der Waals surface area contributed by atoms with Crippen molar-refractivity contribution in [1.29, 1.82) is 0 Å². The van der Waals surface area contributed by atoms with Gasteiger partial charge in [0.2, 0.25) is 0 Å². The number of nitro benzene ring substituents is 1. The van der Waals surface area contributed by atoms with E-state index in [0.29, 0.717) is 11.3 Å². The van der Waals surface area contributed by atoms with E-state index >= 15 is 0 Å². The predicted octanol–water partition coefficient (Wildman–Crippen LogP) is 3.69. The molecule has 0 bridgehead atoms. The van der Waals surface area contributed by atoms with Gasteiger partial charge in [-0.1, -0.05) is 30.0 Å². The average Bonchev–Trinajstić information content (AvgIpc) is 2.62. The number of nitrogens with one attached hydrogen (secondary N) is 1. The van der Waals surface area contributed by atoms with E-state index in [1.54, 1.807) is 12.3 Å². The maximum atomic E-state index is 11.8. The fourth-order valence-electron chi connectivity index (χ4n) is 1.94. The Balaban J connectivity index is 1.79. The van der Waals surface area contributed by atoms with Gasteiger partial charge < -0.3 is 10.1 Å². The lowest BCUT2D eigenvalue weighted by Crippen LogP contribution is -2.20. The fraction of sp³-hybridized carbons (Fsp3) is 0.111. The van der Waals surface area contributed by atoms with E-state index in [0.717, 1.165) is 4.90 Å². The third-order valence-electron chi connectivity index (χ3n) is 3.19. The molecule has 1 amide bonds. The molecule has 134 valence electrons. The second kappa shape index (κ2) is 9.38. The first kappa shape index (κ1) is 19.2. The molecule has 2 aromatic rings. The number of nitro groups is 1. The number of hydrogen-bond donors (Lipinski definition) is 1. The van der Waals surface area contributed by atoms with Gasteiger partial charge in [0, 0.05) is 28.8 Å². The van der Waals surface area contributed by atoms with Crippen LogP contribution in [0.15, 0.2) is 64.9 Å². The van der Waals surface area contributed by atoms with Crippen molar-refractivity contribution in [3.8, 4) is 0 Å². The summed E-state index contributed by atoms with van der Waals surface area (Å²) in [6, 6.07) is 13.6. The van der Waals surface area contributed by atoms with Crippen LogP contribution in [0.4, 0.5) is 11.4 Å². The number of amides is 1. The predicted molar refractivity (Wildman–Crippen MR) is 98.9 cm³/mol. The summed E-state index contributed by atoms with van der Waals surface area (Å²) < 4.78 is 4.86. The van der Waals surface area contributed by atoms with Crippen LogP contribution < -0.4 is 5.32 Å². The van der Waals surface area contributed by atoms with Crippen LogP contribution in [0.2, 0.25) is 0 Å². The van der Waals surface area contributed by atoms with E-state index in [9.17, 15) is 19.7 Å². The molecule has 0 fully saturated rings. The molecular weight excluding hydrogens is 356 g/mol. The zero-order valence-corrected chi connectivity index (χ0v) is 14.7. The quantitative estimate of drug-likeness (QED) is 0.262. The van der Waals surface area contributed by atoms with Gasteiger partial charge in [-0.3, -0.25) is 14.9 Å². The minimum absolute atomic E-state index is 0.0621. The van der Waals surface area contributed by atoms with Gasteiger partial charge in [-0.25, -0.2) is 4.79 Å². The first-order valence-corrected chi connectivity index (χ1v) is 8.43. The highest BCUT2D eigenvalue weighted by Gasteiger charge is 2.11. The number of hydrogen-bond acceptors (Lipinski definition) is 6. The van der Waals surface area contributed by atoms with Gasteiger partial charge in [0.25, 0.3) is 11.6 Å². The number of aryl methyl sites for hydroxylation is 1. The van der Waals surface area contributed by atoms with Crippen molar-refractivity contribution in [3.63, 3.8) is 0 Å². The van der Waals surface area contributed by atoms with E-state index in [2.05, 4.69) is 5.32 Å². The molecule has 0 saturated carbocycles. The van der Waals surface area contributed by atoms with Gasteiger partial charge in [-0.05, 0) is 36.1 Å². The van der Waals surface area contributed by atoms with Crippen molar-refractivity contribution in [2.45, 2.75) is 11.8 Å². The molecule has 0 aliphatic carbocycles. The molecule has 0 spiro atoms. The van der Waals surface area contributed by atoms with Crippen LogP contribution in [-0.2, 0) is 14.3 Å². The van der Waals surface area contributed by atoms with Crippen molar-refractivity contribution in [2.75, 3.05) is 11.9 Å². The maximum Gasteiger partial charge on any atom is 0.331 e. The molecule has 2 rings (SSSR count). The van der Waals surface area contributed by atoms with Crippen LogP contribution in [0.25, 0.3) is 0 Å². The van der Waals surface area contributed by atoms with Crippen LogP contribution in [-0.4, -0.2) is 23.4 Å². The van der Waals surface area contributed by atoms with Crippen molar-refractivity contribution < 1.29 is 19.2 Å². The monoisotopic (exact) mass is 372 g/mol. The largest absolute Gasteiger partial charge is 0.452 e. The van der Waals surface area contributed by atoms with Crippen LogP contribution >= 0.6 is 11.8 Å². The number of nitrogens with zero attached hydrogens (tertiary/aromatic N) is 1. The number of carbonyl (C=O) groups excluding carboxylic acids is 2. The molecule has 1 N–H and O–H groups in total. The number of rotatable bonds is 7. The highest BCUT2D eigenvalue weighted by atomic mass is 32.2. The van der Waals surface area contributed by atoms with Crippen LogP contribution in [0, 0.1) is 17.0 Å². The molecular formula is C18H16N2O5S. The van der Waals surface area contributed by atoms with E-state index in [-0.39, 0.29) is 5.69 Å². The summed E-state index contributed by atoms with van der Waals surface area (Å²) in [7, 11) is 0. The van der Waals surface area contributed by atoms with Crippen molar-refractivity contribution in [3.05, 3.63) is 75.7 Å². The average molecular weight is 372 g/mol. The van der Waals surface area contributed by atoms with Gasteiger partial charge in [-0.2, -0.15) is 0 Å². The highest BCUT2D eigenvalue weighted by Crippen LogP contribution is 2.21. The van der Waals surface area contributed by atoms with Crippen LogP contribution in [0.1, 0.15) is 5.56 Å². The number of benzene rings is 2. The van der Waals surface area contributed by atoms with E-state index in [1.165, 1.54) is 36.0 Å². The second-order valence-corrected chi connectivity index (χ2v) is 6.13. The maximum absolute atomic E-state index is 11.8. The number of thioether (sulfide) groups is 1. The summed E-state index contributed by atoms with van der Waals surface area (Å²) in [5.41, 5.74) is 0.901. The molecule has 7 nitrogen and oxygen atoms in total. The minimum Gasteiger partial charge on any atom is -0.452 e. The van der Waals surface area contributed by atoms with E-state index in [4.69, 9.17) is 4.74 Å². The molecule has 2 aromatic carbocycles. The van der Waals surface area contributed by atoms with Gasteiger partial charge >= 0.3 is 5.97 Å². The summed E-state index contributed by atoms with van der Waals surface area (Å²) in [6.07, 6.45) is 1.24. The summed E-state index contributed by atoms with van der Waals surface area (Å²) in [6.45, 7) is 1.19. The zero-order chi connectivity index (χ0) is 18.9. The fourth-order valence-corrected chi connectivity index (χ4v) is 2.59. The normalized spacial score (nSPS) is 10.5. The Morgan fingerprint density at radius 2 is 1.96 bits per heavy atom. The molecule has 0 aliphatic heterocycles. The Hall–Kier alpha value is -3.13. The van der Waals surface area contributed by atoms with Crippen LogP contribution in [0.3, 0.4) is 0 Å². The Morgan fingerprint density at radius 1 is 1.23 bits per heavy atom. The molecule has 0 unspecified atom stereocenters. The van der Waals surface area contributed by atoms with Gasteiger partial charge in [-0.15, -0.1) is 0 Å². The Morgan fingerprint density at radius 3 is 2.62 bits per heavy atom. The van der Waals surface area contributed by atoms with Gasteiger partial charge in [0.15, 0.2) is 6.61 Å². The number of non-ortho nitro benzene ring substituents is 1. The van der Waals surface area contributed by atoms with E-state index in [1.807, 2.05) is 30.3 Å². The lowest BCUT2D eigenvalue weighted by Gasteiger charge is -2.08. The first-order valence-electron chi connectivity index (χ1n) is 7.55. The summed E-state index contributed by atoms with van der Waals surface area (Å²) >= 11 is 1.35. The summed E-state index contributed by atoms with van der Waals surface area (Å²) in [5, 5.41) is 14.8. The standard InChI is InChI=1S/C18H16N2O5S/c1-13-11-14(20(23)24)7-8-16(13)19-17(21)12-25-18(22)9-10-26-15-5-3-2-4-6-15/h2-11H,12H2,1H3,(H,19,21)/b10-9+. The van der Waals surface area contributed by atoms with E-state index < -0.39 is 23.4 Å². The number of ether oxygens (including phenoxy) is 1. The minimum atomic E-state index is -0.635. The van der Waals surface area contributed by atoms with Gasteiger partial charge in [0.05, 0.1) is 4.92 Å². The third kappa shape index (κ3) is 6.06. The molecule has 0 radical (unpaired) electrons. The number of esters is 1. The SMILES string of the molecule is Cc1cc([N+](=O)[O-])ccc1NC(=O)COC(=O)/C=C/Sc1ccccc1. The lowest BCUT2D eigenvalue weighted by molar-refractivity contribution is -0.384. The summed E-state index contributed by atoms with van der Waals surface area (Å²) in [5.74, 6) is -1.16. The molecule has 0 aromatic heterocycles. The molecule has 8 heteroatoms.